The van der Waals surface area contributed by atoms with Crippen LogP contribution < -0.4 is 0 Å². The Morgan fingerprint density at radius 2 is 1.65 bits per heavy atom. The molecule has 1 fully saturated rings. The molecule has 0 radical (unpaired) electrons. The third kappa shape index (κ3) is 4.17. The molecule has 134 valence electrons. The van der Waals surface area contributed by atoms with E-state index in [2.05, 4.69) is 56.1 Å². The molecule has 0 spiro atoms. The van der Waals surface area contributed by atoms with Gasteiger partial charge in [0.25, 0.3) is 0 Å². The van der Waals surface area contributed by atoms with Crippen LogP contribution in [-0.2, 0) is 6.54 Å². The molecule has 0 amide bonds. The van der Waals surface area contributed by atoms with Gasteiger partial charge < -0.3 is 4.90 Å². The zero-order valence-electron chi connectivity index (χ0n) is 15.1. The first-order chi connectivity index (χ1) is 12.9. The van der Waals surface area contributed by atoms with Crippen molar-refractivity contribution in [1.29, 1.82) is 0 Å². The molecular weight excluding hydrogens is 322 g/mol. The molecule has 3 heterocycles. The molecule has 5 nitrogen and oxygen atoms in total. The molecule has 1 aliphatic rings. The van der Waals surface area contributed by atoms with Crippen LogP contribution in [0.2, 0.25) is 0 Å². The molecular formula is C21H25N5. The predicted octanol–water partition coefficient (Wildman–Crippen LogP) is 3.88. The molecule has 3 aromatic rings. The van der Waals surface area contributed by atoms with Gasteiger partial charge in [-0.3, -0.25) is 4.68 Å². The number of likely N-dealkylation sites (tertiary alicyclic amines) is 1. The fraction of sp³-hybridized carbons (Fsp3) is 0.381. The highest BCUT2D eigenvalue weighted by Crippen LogP contribution is 2.24. The van der Waals surface area contributed by atoms with E-state index in [0.717, 1.165) is 35.3 Å². The number of hydrogen-bond donors (Lipinski definition) is 0. The molecule has 0 bridgehead atoms. The molecule has 1 saturated heterocycles. The van der Waals surface area contributed by atoms with Crippen LogP contribution in [0.15, 0.2) is 55.2 Å². The van der Waals surface area contributed by atoms with Gasteiger partial charge in [-0.15, -0.1) is 0 Å². The van der Waals surface area contributed by atoms with Gasteiger partial charge in [-0.05, 0) is 56.6 Å². The van der Waals surface area contributed by atoms with Gasteiger partial charge >= 0.3 is 0 Å². The van der Waals surface area contributed by atoms with Crippen molar-refractivity contribution in [2.24, 2.45) is 0 Å². The Balaban J connectivity index is 1.40. The molecule has 0 aliphatic carbocycles. The van der Waals surface area contributed by atoms with Gasteiger partial charge in [0, 0.05) is 36.3 Å². The summed E-state index contributed by atoms with van der Waals surface area (Å²) in [5.41, 5.74) is 4.28. The third-order valence-corrected chi connectivity index (χ3v) is 5.00. The van der Waals surface area contributed by atoms with Crippen LogP contribution in [0.4, 0.5) is 0 Å². The summed E-state index contributed by atoms with van der Waals surface area (Å²) in [5, 5.41) is 4.76. The van der Waals surface area contributed by atoms with Crippen molar-refractivity contribution >= 4 is 0 Å². The molecule has 1 aliphatic heterocycles. The molecule has 0 saturated carbocycles. The van der Waals surface area contributed by atoms with Crippen LogP contribution in [0.1, 0.15) is 25.7 Å². The van der Waals surface area contributed by atoms with Crippen molar-refractivity contribution in [1.82, 2.24) is 24.6 Å². The number of hydrogen-bond acceptors (Lipinski definition) is 4. The number of piperidine rings is 1. The fourth-order valence-electron chi connectivity index (χ4n) is 3.59. The highest BCUT2D eigenvalue weighted by molar-refractivity contribution is 5.70. The predicted molar refractivity (Wildman–Crippen MR) is 104 cm³/mol. The first-order valence-electron chi connectivity index (χ1n) is 9.50. The second-order valence-corrected chi connectivity index (χ2v) is 6.93. The lowest BCUT2D eigenvalue weighted by atomic mass is 10.0. The zero-order valence-corrected chi connectivity index (χ0v) is 15.1. The van der Waals surface area contributed by atoms with Crippen molar-refractivity contribution in [3.05, 3.63) is 55.2 Å². The average Bonchev–Trinajstić information content (AvgIpc) is 3.19. The van der Waals surface area contributed by atoms with E-state index in [1.54, 1.807) is 6.33 Å². The lowest BCUT2D eigenvalue weighted by Crippen LogP contribution is -2.31. The van der Waals surface area contributed by atoms with Gasteiger partial charge in [0.1, 0.15) is 6.33 Å². The van der Waals surface area contributed by atoms with Crippen LogP contribution in [-0.4, -0.2) is 44.3 Å². The maximum Gasteiger partial charge on any atom is 0.115 e. The standard InChI is InChI=1S/C21H25N5/c1-2-9-25(10-3-1)11-5-12-26-13-8-21(24-26)19-7-4-6-18(14-19)20-15-22-17-23-16-20/h4,6-8,13-17H,1-3,5,9-12H2. The zero-order chi connectivity index (χ0) is 17.6. The van der Waals surface area contributed by atoms with Crippen LogP contribution in [0, 0.1) is 0 Å². The SMILES string of the molecule is c1cc(-c2cncnc2)cc(-c2ccn(CCCN3CCCCC3)n2)c1. The molecule has 4 rings (SSSR count). The number of nitrogens with zero attached hydrogens (tertiary/aromatic N) is 5. The Labute approximate surface area is 154 Å². The summed E-state index contributed by atoms with van der Waals surface area (Å²) < 4.78 is 2.07. The second kappa shape index (κ2) is 8.23. The van der Waals surface area contributed by atoms with E-state index in [4.69, 9.17) is 5.10 Å². The summed E-state index contributed by atoms with van der Waals surface area (Å²) in [5.74, 6) is 0. The number of rotatable bonds is 6. The van der Waals surface area contributed by atoms with Crippen molar-refractivity contribution in [2.75, 3.05) is 19.6 Å². The van der Waals surface area contributed by atoms with Crippen LogP contribution in [0.25, 0.3) is 22.4 Å². The van der Waals surface area contributed by atoms with Crippen LogP contribution in [0.3, 0.4) is 0 Å². The minimum Gasteiger partial charge on any atom is -0.303 e. The van der Waals surface area contributed by atoms with Gasteiger partial charge in [0.15, 0.2) is 0 Å². The van der Waals surface area contributed by atoms with E-state index in [1.165, 1.54) is 38.9 Å². The highest BCUT2D eigenvalue weighted by atomic mass is 15.3. The Bertz CT molecular complexity index is 821. The van der Waals surface area contributed by atoms with E-state index in [9.17, 15) is 0 Å². The summed E-state index contributed by atoms with van der Waals surface area (Å²) in [7, 11) is 0. The Morgan fingerprint density at radius 1 is 0.846 bits per heavy atom. The fourth-order valence-corrected chi connectivity index (χ4v) is 3.59. The molecule has 26 heavy (non-hydrogen) atoms. The highest BCUT2D eigenvalue weighted by Gasteiger charge is 2.10. The normalized spacial score (nSPS) is 15.2. The summed E-state index contributed by atoms with van der Waals surface area (Å²) in [6.07, 6.45) is 12.6. The summed E-state index contributed by atoms with van der Waals surface area (Å²) in [6, 6.07) is 10.5. The largest absolute Gasteiger partial charge is 0.303 e. The molecule has 0 unspecified atom stereocenters. The van der Waals surface area contributed by atoms with Crippen molar-refractivity contribution < 1.29 is 0 Å². The van der Waals surface area contributed by atoms with E-state index >= 15 is 0 Å². The maximum absolute atomic E-state index is 4.76. The number of benzene rings is 1. The average molecular weight is 347 g/mol. The Morgan fingerprint density at radius 3 is 2.50 bits per heavy atom. The molecule has 0 atom stereocenters. The van der Waals surface area contributed by atoms with Crippen LogP contribution >= 0.6 is 0 Å². The first kappa shape index (κ1) is 16.9. The van der Waals surface area contributed by atoms with Crippen molar-refractivity contribution in [3.8, 4) is 22.4 Å². The molecule has 1 aromatic carbocycles. The Hall–Kier alpha value is -2.53. The van der Waals surface area contributed by atoms with E-state index in [1.807, 2.05) is 12.4 Å². The topological polar surface area (TPSA) is 46.8 Å². The first-order valence-corrected chi connectivity index (χ1v) is 9.50. The Kier molecular flexibility index (Phi) is 5.36. The second-order valence-electron chi connectivity index (χ2n) is 6.93. The van der Waals surface area contributed by atoms with Crippen LogP contribution in [0.5, 0.6) is 0 Å². The monoisotopic (exact) mass is 347 g/mol. The van der Waals surface area contributed by atoms with Gasteiger partial charge in [-0.1, -0.05) is 24.6 Å². The molecule has 5 heteroatoms. The van der Waals surface area contributed by atoms with Crippen molar-refractivity contribution in [3.63, 3.8) is 0 Å². The summed E-state index contributed by atoms with van der Waals surface area (Å²) in [4.78, 5) is 10.8. The molecule has 2 aromatic heterocycles. The maximum atomic E-state index is 4.76. The van der Waals surface area contributed by atoms with Gasteiger partial charge in [0.05, 0.1) is 5.69 Å². The lowest BCUT2D eigenvalue weighted by Gasteiger charge is -2.26. The lowest BCUT2D eigenvalue weighted by molar-refractivity contribution is 0.222. The quantitative estimate of drug-likeness (QED) is 0.679. The van der Waals surface area contributed by atoms with Gasteiger partial charge in [-0.25, -0.2) is 9.97 Å². The summed E-state index contributed by atoms with van der Waals surface area (Å²) >= 11 is 0. The smallest absolute Gasteiger partial charge is 0.115 e. The van der Waals surface area contributed by atoms with Gasteiger partial charge in [0.2, 0.25) is 0 Å². The van der Waals surface area contributed by atoms with Gasteiger partial charge in [-0.2, -0.15) is 5.10 Å². The van der Waals surface area contributed by atoms with Crippen molar-refractivity contribution in [2.45, 2.75) is 32.2 Å². The van der Waals surface area contributed by atoms with E-state index < -0.39 is 0 Å². The van der Waals surface area contributed by atoms with E-state index in [0.29, 0.717) is 0 Å². The minimum absolute atomic E-state index is 0.975. The molecule has 0 N–H and O–H groups in total. The minimum atomic E-state index is 0.975. The third-order valence-electron chi connectivity index (χ3n) is 5.00. The van der Waals surface area contributed by atoms with E-state index in [-0.39, 0.29) is 0 Å². The number of aromatic nitrogens is 4. The summed E-state index contributed by atoms with van der Waals surface area (Å²) in [6.45, 7) is 4.68. The number of aryl methyl sites for hydroxylation is 1.